The largest absolute Gasteiger partial charge is 0.303 e. The lowest BCUT2D eigenvalue weighted by Crippen LogP contribution is -2.36. The molecule has 3 aromatic rings. The SMILES string of the molecule is Cc1ccc(C(CCN2CCC(c3ccccc3)CC2)CN(C)S(=O)(=O)c2ccccc2)cc1C. The summed E-state index contributed by atoms with van der Waals surface area (Å²) < 4.78 is 28.0. The second-order valence-corrected chi connectivity index (χ2v) is 12.0. The third kappa shape index (κ3) is 6.40. The van der Waals surface area contributed by atoms with Gasteiger partial charge in [-0.1, -0.05) is 66.7 Å². The minimum atomic E-state index is -3.52. The van der Waals surface area contributed by atoms with Gasteiger partial charge in [0.15, 0.2) is 0 Å². The fourth-order valence-electron chi connectivity index (χ4n) is 5.12. The summed E-state index contributed by atoms with van der Waals surface area (Å²) in [6.45, 7) is 7.90. The molecule has 186 valence electrons. The van der Waals surface area contributed by atoms with Crippen molar-refractivity contribution in [2.24, 2.45) is 0 Å². The van der Waals surface area contributed by atoms with Gasteiger partial charge in [0.1, 0.15) is 0 Å². The van der Waals surface area contributed by atoms with E-state index in [1.165, 1.54) is 39.4 Å². The highest BCUT2D eigenvalue weighted by molar-refractivity contribution is 7.89. The van der Waals surface area contributed by atoms with E-state index in [-0.39, 0.29) is 5.92 Å². The molecule has 0 aromatic heterocycles. The van der Waals surface area contributed by atoms with Gasteiger partial charge >= 0.3 is 0 Å². The summed E-state index contributed by atoms with van der Waals surface area (Å²) in [5.74, 6) is 0.787. The van der Waals surface area contributed by atoms with Crippen LogP contribution in [0.5, 0.6) is 0 Å². The predicted molar refractivity (Wildman–Crippen MR) is 144 cm³/mol. The summed E-state index contributed by atoms with van der Waals surface area (Å²) in [5, 5.41) is 0. The van der Waals surface area contributed by atoms with E-state index in [0.717, 1.165) is 26.1 Å². The Labute approximate surface area is 211 Å². The zero-order valence-electron chi connectivity index (χ0n) is 21.2. The normalized spacial score (nSPS) is 16.5. The molecule has 35 heavy (non-hydrogen) atoms. The van der Waals surface area contributed by atoms with Crippen LogP contribution >= 0.6 is 0 Å². The fraction of sp³-hybridized carbons (Fsp3) is 0.400. The number of hydrogen-bond donors (Lipinski definition) is 0. The molecule has 1 unspecified atom stereocenters. The summed E-state index contributed by atoms with van der Waals surface area (Å²) in [6, 6.07) is 26.2. The molecule has 5 heteroatoms. The highest BCUT2D eigenvalue weighted by atomic mass is 32.2. The topological polar surface area (TPSA) is 40.6 Å². The molecule has 0 aliphatic carbocycles. The van der Waals surface area contributed by atoms with Gasteiger partial charge in [-0.15, -0.1) is 0 Å². The molecule has 0 saturated carbocycles. The number of aryl methyl sites for hydroxylation is 2. The number of hydrogen-bond acceptors (Lipinski definition) is 3. The first-order chi connectivity index (χ1) is 16.8. The first-order valence-electron chi connectivity index (χ1n) is 12.7. The van der Waals surface area contributed by atoms with Crippen molar-refractivity contribution < 1.29 is 8.42 Å². The zero-order valence-corrected chi connectivity index (χ0v) is 22.0. The average molecular weight is 491 g/mol. The minimum Gasteiger partial charge on any atom is -0.303 e. The maximum atomic E-state index is 13.2. The Balaban J connectivity index is 1.44. The van der Waals surface area contributed by atoms with Crippen molar-refractivity contribution >= 4 is 10.0 Å². The standard InChI is InChI=1S/C30H38N2O2S/c1-24-14-15-28(22-25(24)2)29(23-31(3)35(33,34)30-12-8-5-9-13-30)18-21-32-19-16-27(17-20-32)26-10-6-4-7-11-26/h4-15,22,27,29H,16-21,23H2,1-3H3. The van der Waals surface area contributed by atoms with Crippen LogP contribution in [-0.2, 0) is 10.0 Å². The highest BCUT2D eigenvalue weighted by Gasteiger charge is 2.26. The molecule has 0 N–H and O–H groups in total. The molecular formula is C30H38N2O2S. The molecule has 0 bridgehead atoms. The van der Waals surface area contributed by atoms with E-state index in [0.29, 0.717) is 17.4 Å². The van der Waals surface area contributed by atoms with Gasteiger partial charge in [-0.2, -0.15) is 0 Å². The van der Waals surface area contributed by atoms with Gasteiger partial charge in [0.25, 0.3) is 0 Å². The molecule has 3 aromatic carbocycles. The van der Waals surface area contributed by atoms with Gasteiger partial charge in [0.05, 0.1) is 4.90 Å². The second kappa shape index (κ2) is 11.5. The van der Waals surface area contributed by atoms with Crippen molar-refractivity contribution in [1.82, 2.24) is 9.21 Å². The van der Waals surface area contributed by atoms with E-state index >= 15 is 0 Å². The summed E-state index contributed by atoms with van der Waals surface area (Å²) in [4.78, 5) is 2.91. The first kappa shape index (κ1) is 25.6. The molecule has 1 saturated heterocycles. The summed E-state index contributed by atoms with van der Waals surface area (Å²) in [5.41, 5.74) is 5.20. The van der Waals surface area contributed by atoms with Crippen molar-refractivity contribution in [3.8, 4) is 0 Å². The molecule has 1 fully saturated rings. The van der Waals surface area contributed by atoms with Crippen molar-refractivity contribution in [2.75, 3.05) is 33.2 Å². The number of piperidine rings is 1. The van der Waals surface area contributed by atoms with Gasteiger partial charge in [0, 0.05) is 13.6 Å². The lowest BCUT2D eigenvalue weighted by Gasteiger charge is -2.33. The molecular weight excluding hydrogens is 452 g/mol. The van der Waals surface area contributed by atoms with Gasteiger partial charge in [-0.05, 0) is 99.0 Å². The molecule has 4 nitrogen and oxygen atoms in total. The average Bonchev–Trinajstić information content (AvgIpc) is 2.89. The molecule has 1 atom stereocenters. The van der Waals surface area contributed by atoms with Crippen LogP contribution in [0.3, 0.4) is 0 Å². The highest BCUT2D eigenvalue weighted by Crippen LogP contribution is 2.30. The number of benzene rings is 3. The minimum absolute atomic E-state index is 0.143. The van der Waals surface area contributed by atoms with Crippen LogP contribution in [0.4, 0.5) is 0 Å². The first-order valence-corrected chi connectivity index (χ1v) is 14.1. The maximum Gasteiger partial charge on any atom is 0.242 e. The number of rotatable bonds is 9. The van der Waals surface area contributed by atoms with Crippen molar-refractivity contribution in [1.29, 1.82) is 0 Å². The van der Waals surface area contributed by atoms with E-state index < -0.39 is 10.0 Å². The zero-order chi connectivity index (χ0) is 24.8. The van der Waals surface area contributed by atoms with Crippen LogP contribution in [0.25, 0.3) is 0 Å². The Morgan fingerprint density at radius 2 is 1.51 bits per heavy atom. The Morgan fingerprint density at radius 1 is 0.886 bits per heavy atom. The maximum absolute atomic E-state index is 13.2. The summed E-state index contributed by atoms with van der Waals surface area (Å²) in [7, 11) is -1.81. The van der Waals surface area contributed by atoms with Crippen LogP contribution in [0.1, 0.15) is 53.4 Å². The van der Waals surface area contributed by atoms with Gasteiger partial charge in [0.2, 0.25) is 10.0 Å². The van der Waals surface area contributed by atoms with Crippen LogP contribution in [0, 0.1) is 13.8 Å². The van der Waals surface area contributed by atoms with Crippen LogP contribution in [-0.4, -0.2) is 50.8 Å². The molecule has 1 aliphatic heterocycles. The number of likely N-dealkylation sites (tertiary alicyclic amines) is 1. The smallest absolute Gasteiger partial charge is 0.242 e. The molecule has 0 radical (unpaired) electrons. The monoisotopic (exact) mass is 490 g/mol. The summed E-state index contributed by atoms with van der Waals surface area (Å²) >= 11 is 0. The Bertz CT molecular complexity index is 1190. The van der Waals surface area contributed by atoms with Crippen LogP contribution < -0.4 is 0 Å². The molecule has 1 heterocycles. The number of sulfonamides is 1. The lowest BCUT2D eigenvalue weighted by atomic mass is 9.88. The van der Waals surface area contributed by atoms with Gasteiger partial charge < -0.3 is 4.90 Å². The Kier molecular flexibility index (Phi) is 8.42. The Morgan fingerprint density at radius 3 is 2.14 bits per heavy atom. The van der Waals surface area contributed by atoms with E-state index in [4.69, 9.17) is 0 Å². The number of nitrogens with zero attached hydrogens (tertiary/aromatic N) is 2. The number of likely N-dealkylation sites (N-methyl/N-ethyl adjacent to an activating group) is 1. The van der Waals surface area contributed by atoms with E-state index in [1.54, 1.807) is 31.3 Å². The van der Waals surface area contributed by atoms with Gasteiger partial charge in [-0.3, -0.25) is 0 Å². The summed E-state index contributed by atoms with van der Waals surface area (Å²) in [6.07, 6.45) is 3.30. The van der Waals surface area contributed by atoms with E-state index in [2.05, 4.69) is 67.3 Å². The lowest BCUT2D eigenvalue weighted by molar-refractivity contribution is 0.203. The van der Waals surface area contributed by atoms with Crippen molar-refractivity contribution in [3.63, 3.8) is 0 Å². The molecule has 0 spiro atoms. The molecule has 1 aliphatic rings. The van der Waals surface area contributed by atoms with Crippen molar-refractivity contribution in [3.05, 3.63) is 101 Å². The molecule has 4 rings (SSSR count). The van der Waals surface area contributed by atoms with Crippen LogP contribution in [0.15, 0.2) is 83.8 Å². The van der Waals surface area contributed by atoms with E-state index in [9.17, 15) is 8.42 Å². The third-order valence-corrected chi connectivity index (χ3v) is 9.42. The fourth-order valence-corrected chi connectivity index (χ4v) is 6.35. The molecule has 0 amide bonds. The van der Waals surface area contributed by atoms with Crippen molar-refractivity contribution in [2.45, 2.75) is 49.8 Å². The van der Waals surface area contributed by atoms with Crippen LogP contribution in [0.2, 0.25) is 0 Å². The second-order valence-electron chi connectivity index (χ2n) is 9.95. The third-order valence-electron chi connectivity index (χ3n) is 7.58. The predicted octanol–water partition coefficient (Wildman–Crippen LogP) is 5.98. The Hall–Kier alpha value is -2.47. The van der Waals surface area contributed by atoms with E-state index in [1.807, 2.05) is 6.07 Å². The van der Waals surface area contributed by atoms with Gasteiger partial charge in [-0.25, -0.2) is 12.7 Å². The quantitative estimate of drug-likeness (QED) is 0.371.